The van der Waals surface area contributed by atoms with E-state index in [0.717, 1.165) is 26.5 Å². The number of guanidine groups is 1. The zero-order chi connectivity index (χ0) is 20.1. The maximum Gasteiger partial charge on any atom is 0.191 e. The Bertz CT molecular complexity index is 1070. The first-order chi connectivity index (χ1) is 14.2. The fraction of sp³-hybridized carbons (Fsp3) is 0.182. The van der Waals surface area contributed by atoms with Crippen LogP contribution in [0.5, 0.6) is 0 Å². The number of hydrogen-bond acceptors (Lipinski definition) is 5. The minimum atomic E-state index is -0.588. The van der Waals surface area contributed by atoms with Gasteiger partial charge in [0.1, 0.15) is 11.1 Å². The molecule has 0 spiro atoms. The van der Waals surface area contributed by atoms with Crippen LogP contribution in [0.4, 0.5) is 0 Å². The van der Waals surface area contributed by atoms with Gasteiger partial charge in [0.25, 0.3) is 0 Å². The summed E-state index contributed by atoms with van der Waals surface area (Å²) >= 11 is 3.25. The van der Waals surface area contributed by atoms with Gasteiger partial charge in [-0.15, -0.1) is 22.7 Å². The third-order valence-corrected chi connectivity index (χ3v) is 6.63. The van der Waals surface area contributed by atoms with Crippen molar-refractivity contribution in [2.45, 2.75) is 12.6 Å². The second-order valence-corrected chi connectivity index (χ2v) is 8.49. The topological polar surface area (TPSA) is 69.5 Å². The molecule has 1 atom stereocenters. The Hall–Kier alpha value is -2.74. The van der Waals surface area contributed by atoms with Crippen molar-refractivity contribution in [1.29, 1.82) is 0 Å². The number of aromatic nitrogens is 1. The SMILES string of the molecule is CN=C(NCc1csc(-c2ccccc2)n1)NCC(O)c1cc2ccccc2s1. The molecule has 0 saturated carbocycles. The van der Waals surface area contributed by atoms with Crippen molar-refractivity contribution in [2.75, 3.05) is 13.6 Å². The Kier molecular flexibility index (Phi) is 6.19. The lowest BCUT2D eigenvalue weighted by molar-refractivity contribution is 0.184. The first kappa shape index (κ1) is 19.6. The summed E-state index contributed by atoms with van der Waals surface area (Å²) in [6.45, 7) is 0.959. The van der Waals surface area contributed by atoms with Crippen LogP contribution in [0, 0.1) is 0 Å². The number of aliphatic hydroxyl groups is 1. The van der Waals surface area contributed by atoms with Crippen LogP contribution in [0.1, 0.15) is 16.7 Å². The van der Waals surface area contributed by atoms with Crippen LogP contribution < -0.4 is 10.6 Å². The largest absolute Gasteiger partial charge is 0.386 e. The summed E-state index contributed by atoms with van der Waals surface area (Å²) in [5, 5.41) is 21.2. The van der Waals surface area contributed by atoms with Crippen LogP contribution in [0.3, 0.4) is 0 Å². The van der Waals surface area contributed by atoms with Crippen LogP contribution in [0.25, 0.3) is 20.7 Å². The maximum absolute atomic E-state index is 10.5. The number of benzene rings is 2. The molecule has 4 aromatic rings. The molecule has 5 nitrogen and oxygen atoms in total. The van der Waals surface area contributed by atoms with E-state index in [1.807, 2.05) is 36.4 Å². The normalized spacial score (nSPS) is 12.8. The number of aliphatic hydroxyl groups excluding tert-OH is 1. The van der Waals surface area contributed by atoms with Crippen molar-refractivity contribution < 1.29 is 5.11 Å². The molecule has 0 aliphatic rings. The summed E-state index contributed by atoms with van der Waals surface area (Å²) < 4.78 is 1.18. The molecule has 0 bridgehead atoms. The number of thiophene rings is 1. The van der Waals surface area contributed by atoms with Gasteiger partial charge in [0.2, 0.25) is 0 Å². The lowest BCUT2D eigenvalue weighted by atomic mass is 10.2. The summed E-state index contributed by atoms with van der Waals surface area (Å²) in [4.78, 5) is 9.86. The molecule has 2 aromatic heterocycles. The van der Waals surface area contributed by atoms with Crippen molar-refractivity contribution in [3.8, 4) is 10.6 Å². The van der Waals surface area contributed by atoms with Gasteiger partial charge in [-0.2, -0.15) is 0 Å². The Balaban J connectivity index is 1.31. The summed E-state index contributed by atoms with van der Waals surface area (Å²) in [6, 6.07) is 20.4. The molecule has 0 fully saturated rings. The van der Waals surface area contributed by atoms with E-state index in [1.165, 1.54) is 4.70 Å². The zero-order valence-corrected chi connectivity index (χ0v) is 17.6. The van der Waals surface area contributed by atoms with E-state index in [-0.39, 0.29) is 0 Å². The molecule has 0 aliphatic heterocycles. The van der Waals surface area contributed by atoms with Gasteiger partial charge in [-0.1, -0.05) is 48.5 Å². The average Bonchev–Trinajstić information content (AvgIpc) is 3.41. The van der Waals surface area contributed by atoms with E-state index < -0.39 is 6.10 Å². The number of nitrogens with zero attached hydrogens (tertiary/aromatic N) is 2. The predicted molar refractivity (Wildman–Crippen MR) is 123 cm³/mol. The van der Waals surface area contributed by atoms with Gasteiger partial charge < -0.3 is 15.7 Å². The number of fused-ring (bicyclic) bond motifs is 1. The van der Waals surface area contributed by atoms with Crippen molar-refractivity contribution in [2.24, 2.45) is 4.99 Å². The highest BCUT2D eigenvalue weighted by atomic mass is 32.1. The van der Waals surface area contributed by atoms with Gasteiger partial charge >= 0.3 is 0 Å². The smallest absolute Gasteiger partial charge is 0.191 e. The first-order valence-corrected chi connectivity index (χ1v) is 11.0. The number of thiazole rings is 1. The molecule has 0 amide bonds. The van der Waals surface area contributed by atoms with Crippen LogP contribution in [0.15, 0.2) is 71.0 Å². The van der Waals surface area contributed by atoms with Crippen LogP contribution in [0.2, 0.25) is 0 Å². The highest BCUT2D eigenvalue weighted by Gasteiger charge is 2.12. The highest BCUT2D eigenvalue weighted by Crippen LogP contribution is 2.29. The molecule has 7 heteroatoms. The van der Waals surface area contributed by atoms with Crippen LogP contribution in [-0.2, 0) is 6.54 Å². The molecule has 2 aromatic carbocycles. The van der Waals surface area contributed by atoms with Gasteiger partial charge in [-0.05, 0) is 17.5 Å². The van der Waals surface area contributed by atoms with Crippen molar-refractivity contribution >= 4 is 38.7 Å². The minimum absolute atomic E-state index is 0.388. The third-order valence-electron chi connectivity index (χ3n) is 4.47. The molecule has 2 heterocycles. The third kappa shape index (κ3) is 4.82. The number of rotatable bonds is 6. The molecule has 4 rings (SSSR count). The lowest BCUT2D eigenvalue weighted by Crippen LogP contribution is -2.38. The molecular weight excluding hydrogens is 400 g/mol. The summed E-state index contributed by atoms with van der Waals surface area (Å²) in [7, 11) is 1.72. The van der Waals surface area contributed by atoms with E-state index in [9.17, 15) is 5.11 Å². The monoisotopic (exact) mass is 422 g/mol. The molecule has 0 radical (unpaired) electrons. The number of aliphatic imine (C=N–C) groups is 1. The van der Waals surface area contributed by atoms with Crippen molar-refractivity contribution in [3.05, 3.63) is 76.6 Å². The van der Waals surface area contributed by atoms with Gasteiger partial charge in [0.05, 0.1) is 12.2 Å². The van der Waals surface area contributed by atoms with E-state index in [4.69, 9.17) is 0 Å². The van der Waals surface area contributed by atoms with Gasteiger partial charge in [-0.25, -0.2) is 4.98 Å². The molecule has 1 unspecified atom stereocenters. The summed E-state index contributed by atoms with van der Waals surface area (Å²) in [6.07, 6.45) is -0.588. The van der Waals surface area contributed by atoms with Gasteiger partial charge in [0, 0.05) is 34.1 Å². The quantitative estimate of drug-likeness (QED) is 0.318. The lowest BCUT2D eigenvalue weighted by Gasteiger charge is -2.14. The molecule has 29 heavy (non-hydrogen) atoms. The first-order valence-electron chi connectivity index (χ1n) is 9.34. The number of nitrogens with one attached hydrogen (secondary N) is 2. The zero-order valence-electron chi connectivity index (χ0n) is 16.0. The molecule has 3 N–H and O–H groups in total. The van der Waals surface area contributed by atoms with E-state index in [2.05, 4.69) is 50.3 Å². The Morgan fingerprint density at radius 3 is 2.69 bits per heavy atom. The molecule has 148 valence electrons. The van der Waals surface area contributed by atoms with E-state index in [1.54, 1.807) is 29.7 Å². The second-order valence-electron chi connectivity index (χ2n) is 6.52. The maximum atomic E-state index is 10.5. The average molecular weight is 423 g/mol. The van der Waals surface area contributed by atoms with E-state index >= 15 is 0 Å². The van der Waals surface area contributed by atoms with Crippen molar-refractivity contribution in [1.82, 2.24) is 15.6 Å². The minimum Gasteiger partial charge on any atom is -0.386 e. The predicted octanol–water partition coefficient (Wildman–Crippen LogP) is 4.42. The second kappa shape index (κ2) is 9.17. The molecular formula is C22H22N4OS2. The van der Waals surface area contributed by atoms with Gasteiger partial charge in [-0.3, -0.25) is 4.99 Å². The number of hydrogen-bond donors (Lipinski definition) is 3. The van der Waals surface area contributed by atoms with Crippen molar-refractivity contribution in [3.63, 3.8) is 0 Å². The van der Waals surface area contributed by atoms with Crippen LogP contribution in [-0.4, -0.2) is 29.6 Å². The molecule has 0 saturated heterocycles. The Morgan fingerprint density at radius 1 is 1.10 bits per heavy atom. The standard InChI is InChI=1S/C22H22N4OS2/c1-23-22(24-12-17-14-28-21(26-17)15-7-3-2-4-8-15)25-13-18(27)20-11-16-9-5-6-10-19(16)29-20/h2-11,14,18,27H,12-13H2,1H3,(H2,23,24,25). The highest BCUT2D eigenvalue weighted by molar-refractivity contribution is 7.19. The summed E-state index contributed by atoms with van der Waals surface area (Å²) in [5.41, 5.74) is 2.08. The Morgan fingerprint density at radius 2 is 1.90 bits per heavy atom. The van der Waals surface area contributed by atoms with Crippen LogP contribution >= 0.6 is 22.7 Å². The summed E-state index contributed by atoms with van der Waals surface area (Å²) in [5.74, 6) is 0.638. The Labute approximate surface area is 177 Å². The van der Waals surface area contributed by atoms with Gasteiger partial charge in [0.15, 0.2) is 5.96 Å². The fourth-order valence-corrected chi connectivity index (χ4v) is 4.83. The molecule has 0 aliphatic carbocycles. The fourth-order valence-electron chi connectivity index (χ4n) is 2.96. The van der Waals surface area contributed by atoms with E-state index in [0.29, 0.717) is 19.0 Å².